The topological polar surface area (TPSA) is 18.1 Å². The van der Waals surface area contributed by atoms with Gasteiger partial charge in [0.15, 0.2) is 0 Å². The number of benzene rings is 4. The fraction of sp³-hybridized carbons (Fsp3) is 0.0667. The van der Waals surface area contributed by atoms with Crippen molar-refractivity contribution >= 4 is 65.4 Å². The number of furan rings is 1. The summed E-state index contributed by atoms with van der Waals surface area (Å²) < 4.78 is 9.70. The Balaban J connectivity index is 1.64. The van der Waals surface area contributed by atoms with Crippen molar-refractivity contribution in [3.63, 3.8) is 0 Å². The summed E-state index contributed by atoms with van der Waals surface area (Å²) in [6.07, 6.45) is 6.30. The number of para-hydroxylation sites is 3. The van der Waals surface area contributed by atoms with Crippen LogP contribution in [-0.4, -0.2) is 4.57 Å². The summed E-state index contributed by atoms with van der Waals surface area (Å²) in [5.74, 6) is 0. The van der Waals surface area contributed by atoms with Gasteiger partial charge in [-0.15, -0.1) is 0 Å². The molecule has 33 heavy (non-hydrogen) atoms. The Morgan fingerprint density at radius 2 is 1.52 bits per heavy atom. The molecule has 6 rings (SSSR count). The van der Waals surface area contributed by atoms with Gasteiger partial charge in [-0.2, -0.15) is 0 Å². The van der Waals surface area contributed by atoms with Gasteiger partial charge in [0.25, 0.3) is 0 Å². The lowest BCUT2D eigenvalue weighted by molar-refractivity contribution is 0.668. The Labute approximate surface area is 200 Å². The minimum atomic E-state index is 0.891. The van der Waals surface area contributed by atoms with E-state index in [1.54, 1.807) is 0 Å². The normalized spacial score (nSPS) is 12.8. The first-order valence-corrected chi connectivity index (χ1v) is 11.9. The van der Waals surface area contributed by atoms with Crippen LogP contribution in [0.15, 0.2) is 106 Å². The fourth-order valence-electron chi connectivity index (χ4n) is 4.84. The Bertz CT molecular complexity index is 1750. The Morgan fingerprint density at radius 3 is 2.36 bits per heavy atom. The molecule has 6 aromatic rings. The highest BCUT2D eigenvalue weighted by Crippen LogP contribution is 2.40. The number of aromatic nitrogens is 1. The van der Waals surface area contributed by atoms with E-state index in [1.165, 1.54) is 27.5 Å². The molecule has 0 aliphatic heterocycles. The maximum absolute atomic E-state index is 6.39. The van der Waals surface area contributed by atoms with E-state index < -0.39 is 0 Å². The standard InChI is InChI=1S/C30H22BrNO/c1-3-4-9-19(2)32-27-15-6-5-10-22(27)25-18-20(16-17-28(25)32)21-11-7-12-23-24-13-8-14-26(31)30(24)33-29(21)23/h3-18H,1-2H3/b4-3-,19-9+. The van der Waals surface area contributed by atoms with Gasteiger partial charge < -0.3 is 8.98 Å². The molecule has 0 unspecified atom stereocenters. The van der Waals surface area contributed by atoms with Crippen molar-refractivity contribution in [3.8, 4) is 11.1 Å². The molecule has 0 aliphatic carbocycles. The lowest BCUT2D eigenvalue weighted by atomic mass is 10.0. The molecule has 3 heteroatoms. The molecule has 0 fully saturated rings. The summed E-state index contributed by atoms with van der Waals surface area (Å²) in [6.45, 7) is 4.20. The first-order valence-electron chi connectivity index (χ1n) is 11.1. The number of rotatable bonds is 3. The zero-order valence-electron chi connectivity index (χ0n) is 18.5. The number of hydrogen-bond acceptors (Lipinski definition) is 1. The zero-order valence-corrected chi connectivity index (χ0v) is 20.1. The lowest BCUT2D eigenvalue weighted by Gasteiger charge is -2.08. The summed E-state index contributed by atoms with van der Waals surface area (Å²) in [6, 6.07) is 28.0. The Morgan fingerprint density at radius 1 is 0.788 bits per heavy atom. The van der Waals surface area contributed by atoms with Crippen LogP contribution in [0.2, 0.25) is 0 Å². The molecule has 160 valence electrons. The van der Waals surface area contributed by atoms with Crippen LogP contribution in [0.3, 0.4) is 0 Å². The van der Waals surface area contributed by atoms with Crippen LogP contribution >= 0.6 is 15.9 Å². The Hall–Kier alpha value is -3.56. The van der Waals surface area contributed by atoms with Crippen molar-refractivity contribution in [3.05, 3.63) is 102 Å². The van der Waals surface area contributed by atoms with Gasteiger partial charge in [0.2, 0.25) is 0 Å². The molecule has 0 aliphatic rings. The SMILES string of the molecule is C/C=C\C=C(/C)n1c2ccccc2c2cc(-c3cccc4c3oc3c(Br)cccc34)ccc21. The average Bonchev–Trinajstić information content (AvgIpc) is 3.39. The van der Waals surface area contributed by atoms with Crippen molar-refractivity contribution in [2.75, 3.05) is 0 Å². The maximum Gasteiger partial charge on any atom is 0.149 e. The van der Waals surface area contributed by atoms with Gasteiger partial charge in [0.05, 0.1) is 15.5 Å². The van der Waals surface area contributed by atoms with Crippen molar-refractivity contribution in [2.45, 2.75) is 13.8 Å². The van der Waals surface area contributed by atoms with E-state index in [0.29, 0.717) is 0 Å². The molecule has 2 nitrogen and oxygen atoms in total. The second-order valence-electron chi connectivity index (χ2n) is 8.32. The third kappa shape index (κ3) is 3.07. The second kappa shape index (κ2) is 7.79. The summed E-state index contributed by atoms with van der Waals surface area (Å²) in [7, 11) is 0. The van der Waals surface area contributed by atoms with E-state index in [0.717, 1.165) is 37.5 Å². The van der Waals surface area contributed by atoms with E-state index >= 15 is 0 Å². The molecule has 0 spiro atoms. The second-order valence-corrected chi connectivity index (χ2v) is 9.17. The van der Waals surface area contributed by atoms with E-state index in [-0.39, 0.29) is 0 Å². The monoisotopic (exact) mass is 491 g/mol. The molecule has 2 heterocycles. The van der Waals surface area contributed by atoms with Crippen LogP contribution in [0.5, 0.6) is 0 Å². The van der Waals surface area contributed by atoms with Crippen molar-refractivity contribution in [1.29, 1.82) is 0 Å². The molecule has 4 aromatic carbocycles. The molecule has 0 saturated heterocycles. The van der Waals surface area contributed by atoms with Crippen molar-refractivity contribution in [1.82, 2.24) is 4.57 Å². The van der Waals surface area contributed by atoms with Crippen LogP contribution in [0.1, 0.15) is 13.8 Å². The highest BCUT2D eigenvalue weighted by molar-refractivity contribution is 9.10. The van der Waals surface area contributed by atoms with Crippen molar-refractivity contribution in [2.24, 2.45) is 0 Å². The lowest BCUT2D eigenvalue weighted by Crippen LogP contribution is -1.92. The molecule has 0 N–H and O–H groups in total. The van der Waals surface area contributed by atoms with Crippen LogP contribution in [-0.2, 0) is 0 Å². The van der Waals surface area contributed by atoms with Gasteiger partial charge in [-0.3, -0.25) is 0 Å². The zero-order chi connectivity index (χ0) is 22.5. The molecular weight excluding hydrogens is 470 g/mol. The molecule has 0 amide bonds. The predicted molar refractivity (Wildman–Crippen MR) is 145 cm³/mol. The number of nitrogens with zero attached hydrogens (tertiary/aromatic N) is 1. The highest BCUT2D eigenvalue weighted by atomic mass is 79.9. The summed E-state index contributed by atoms with van der Waals surface area (Å²) in [5, 5.41) is 4.76. The molecule has 0 bridgehead atoms. The number of allylic oxidation sites excluding steroid dienone is 4. The van der Waals surface area contributed by atoms with Gasteiger partial charge in [0, 0.05) is 32.8 Å². The van der Waals surface area contributed by atoms with E-state index in [4.69, 9.17) is 4.42 Å². The number of hydrogen-bond donors (Lipinski definition) is 0. The minimum absolute atomic E-state index is 0.891. The summed E-state index contributed by atoms with van der Waals surface area (Å²) in [5.41, 5.74) is 7.69. The first kappa shape index (κ1) is 20.1. The minimum Gasteiger partial charge on any atom is -0.454 e. The molecule has 2 aromatic heterocycles. The van der Waals surface area contributed by atoms with Crippen molar-refractivity contribution < 1.29 is 4.42 Å². The third-order valence-electron chi connectivity index (χ3n) is 6.34. The van der Waals surface area contributed by atoms with Crippen LogP contribution in [0, 0.1) is 0 Å². The van der Waals surface area contributed by atoms with Gasteiger partial charge in [-0.1, -0.05) is 66.7 Å². The summed E-state index contributed by atoms with van der Waals surface area (Å²) in [4.78, 5) is 0. The smallest absolute Gasteiger partial charge is 0.149 e. The highest BCUT2D eigenvalue weighted by Gasteiger charge is 2.16. The fourth-order valence-corrected chi connectivity index (χ4v) is 5.29. The number of halogens is 1. The van der Waals surface area contributed by atoms with Gasteiger partial charge in [-0.25, -0.2) is 0 Å². The quantitative estimate of drug-likeness (QED) is 0.225. The molecule has 0 saturated carbocycles. The van der Waals surface area contributed by atoms with Crippen LogP contribution in [0.25, 0.3) is 60.6 Å². The largest absolute Gasteiger partial charge is 0.454 e. The summed E-state index contributed by atoms with van der Waals surface area (Å²) >= 11 is 3.64. The van der Waals surface area contributed by atoms with Gasteiger partial charge >= 0.3 is 0 Å². The van der Waals surface area contributed by atoms with Gasteiger partial charge in [-0.05, 0) is 65.7 Å². The first-order chi connectivity index (χ1) is 16.2. The van der Waals surface area contributed by atoms with Crippen LogP contribution < -0.4 is 0 Å². The Kier molecular flexibility index (Phi) is 4.74. The van der Waals surface area contributed by atoms with Crippen LogP contribution in [0.4, 0.5) is 0 Å². The molecule has 0 atom stereocenters. The predicted octanol–water partition coefficient (Wildman–Crippen LogP) is 9.56. The molecule has 0 radical (unpaired) electrons. The van der Waals surface area contributed by atoms with E-state index in [1.807, 2.05) is 13.0 Å². The third-order valence-corrected chi connectivity index (χ3v) is 6.97. The van der Waals surface area contributed by atoms with E-state index in [9.17, 15) is 0 Å². The molecular formula is C30H22BrNO. The van der Waals surface area contributed by atoms with E-state index in [2.05, 4.69) is 118 Å². The number of fused-ring (bicyclic) bond motifs is 6. The average molecular weight is 492 g/mol. The maximum atomic E-state index is 6.39. The van der Waals surface area contributed by atoms with Gasteiger partial charge in [0.1, 0.15) is 11.2 Å².